The Bertz CT molecular complexity index is 882. The molecular formula is C18H18N5OS+. The van der Waals surface area contributed by atoms with Crippen LogP contribution in [-0.2, 0) is 11.3 Å². The van der Waals surface area contributed by atoms with Gasteiger partial charge in [0.1, 0.15) is 23.3 Å². The molecule has 0 fully saturated rings. The summed E-state index contributed by atoms with van der Waals surface area (Å²) >= 11 is 1.20. The average molecular weight is 352 g/mol. The first-order valence-electron chi connectivity index (χ1n) is 7.53. The molecule has 126 valence electrons. The largest absolute Gasteiger partial charge is 0.341 e. The first-order valence-corrected chi connectivity index (χ1v) is 8.52. The molecule has 1 amide bonds. The number of rotatable bonds is 5. The van der Waals surface area contributed by atoms with Gasteiger partial charge in [-0.25, -0.2) is 4.98 Å². The topological polar surface area (TPSA) is 108 Å². The third kappa shape index (κ3) is 4.50. The number of aryl methyl sites for hydroxylation is 1. The highest BCUT2D eigenvalue weighted by Crippen LogP contribution is 2.21. The van der Waals surface area contributed by atoms with E-state index in [1.807, 2.05) is 43.3 Å². The molecule has 2 rings (SSSR count). The molecule has 2 aromatic rings. The van der Waals surface area contributed by atoms with Gasteiger partial charge in [0.25, 0.3) is 5.82 Å². The van der Waals surface area contributed by atoms with Crippen molar-refractivity contribution in [3.8, 4) is 12.1 Å². The van der Waals surface area contributed by atoms with Crippen LogP contribution in [0, 0.1) is 29.6 Å². The maximum absolute atomic E-state index is 12.4. The van der Waals surface area contributed by atoms with Crippen LogP contribution in [0.15, 0.2) is 35.4 Å². The Morgan fingerprint density at radius 1 is 1.28 bits per heavy atom. The molecule has 1 heterocycles. The van der Waals surface area contributed by atoms with Gasteiger partial charge in [0.2, 0.25) is 5.91 Å². The summed E-state index contributed by atoms with van der Waals surface area (Å²) < 4.78 is 0. The second-order valence-corrected chi connectivity index (χ2v) is 6.51. The first-order chi connectivity index (χ1) is 12.0. The molecule has 7 heteroatoms. The fourth-order valence-electron chi connectivity index (χ4n) is 2.21. The molecule has 3 N–H and O–H groups in total. The van der Waals surface area contributed by atoms with Crippen LogP contribution < -0.4 is 10.7 Å². The van der Waals surface area contributed by atoms with Gasteiger partial charge in [0.05, 0.1) is 5.75 Å². The molecule has 0 saturated heterocycles. The van der Waals surface area contributed by atoms with Crippen LogP contribution in [0.1, 0.15) is 22.3 Å². The van der Waals surface area contributed by atoms with Gasteiger partial charge in [0, 0.05) is 13.6 Å². The van der Waals surface area contributed by atoms with E-state index in [1.165, 1.54) is 17.8 Å². The number of amides is 1. The number of nitrogens with zero attached hydrogens (tertiary/aromatic N) is 3. The minimum atomic E-state index is -0.0616. The summed E-state index contributed by atoms with van der Waals surface area (Å²) in [5, 5.41) is 18.6. The lowest BCUT2D eigenvalue weighted by Gasteiger charge is -2.18. The third-order valence-corrected chi connectivity index (χ3v) is 4.75. The van der Waals surface area contributed by atoms with Crippen LogP contribution in [0.3, 0.4) is 0 Å². The zero-order valence-corrected chi connectivity index (χ0v) is 14.9. The van der Waals surface area contributed by atoms with E-state index in [2.05, 4.69) is 4.98 Å². The van der Waals surface area contributed by atoms with Gasteiger partial charge >= 0.3 is 0 Å². The number of nitrogens with one attached hydrogen (secondary N) is 1. The highest BCUT2D eigenvalue weighted by atomic mass is 32.2. The molecule has 0 saturated carbocycles. The van der Waals surface area contributed by atoms with Crippen molar-refractivity contribution in [1.82, 2.24) is 4.90 Å². The quantitative estimate of drug-likeness (QED) is 0.827. The predicted molar refractivity (Wildman–Crippen MR) is 95.2 cm³/mol. The first kappa shape index (κ1) is 18.3. The van der Waals surface area contributed by atoms with Crippen molar-refractivity contribution >= 4 is 23.5 Å². The van der Waals surface area contributed by atoms with Crippen molar-refractivity contribution in [2.24, 2.45) is 0 Å². The summed E-state index contributed by atoms with van der Waals surface area (Å²) in [5.74, 6) is 0.289. The number of nitrogens with two attached hydrogens (primary N) is 1. The number of hydrogen-bond acceptors (Lipinski definition) is 5. The fraction of sp³-hybridized carbons (Fsp3) is 0.222. The number of carbonyl (C=O) groups is 1. The Morgan fingerprint density at radius 3 is 2.60 bits per heavy atom. The number of benzene rings is 1. The lowest BCUT2D eigenvalue weighted by Crippen LogP contribution is -2.28. The van der Waals surface area contributed by atoms with Crippen molar-refractivity contribution < 1.29 is 9.78 Å². The second-order valence-electron chi connectivity index (χ2n) is 5.53. The molecular weight excluding hydrogens is 334 g/mol. The van der Waals surface area contributed by atoms with Crippen LogP contribution in [0.4, 0.5) is 5.82 Å². The molecule has 1 aromatic carbocycles. The highest BCUT2D eigenvalue weighted by molar-refractivity contribution is 7.99. The number of nitrogen functional groups attached to an aromatic ring is 1. The third-order valence-electron chi connectivity index (χ3n) is 3.75. The van der Waals surface area contributed by atoms with Gasteiger partial charge in [-0.3, -0.25) is 10.5 Å². The number of carbonyl (C=O) groups excluding carboxylic acids is 1. The summed E-state index contributed by atoms with van der Waals surface area (Å²) in [7, 11) is 1.75. The van der Waals surface area contributed by atoms with Crippen LogP contribution >= 0.6 is 11.8 Å². The van der Waals surface area contributed by atoms with E-state index in [9.17, 15) is 10.1 Å². The van der Waals surface area contributed by atoms with Gasteiger partial charge in [-0.15, -0.1) is 0 Å². The second kappa shape index (κ2) is 8.18. The molecule has 0 aliphatic rings. The van der Waals surface area contributed by atoms with Crippen LogP contribution in [-0.4, -0.2) is 23.6 Å². The van der Waals surface area contributed by atoms with E-state index >= 15 is 0 Å². The van der Waals surface area contributed by atoms with E-state index < -0.39 is 0 Å². The molecule has 0 aliphatic carbocycles. The Morgan fingerprint density at radius 2 is 1.96 bits per heavy atom. The van der Waals surface area contributed by atoms with Crippen molar-refractivity contribution in [3.05, 3.63) is 52.6 Å². The number of nitriles is 2. The molecule has 0 unspecified atom stereocenters. The van der Waals surface area contributed by atoms with Gasteiger partial charge in [0.15, 0.2) is 5.03 Å². The molecule has 0 aliphatic heterocycles. The van der Waals surface area contributed by atoms with E-state index in [0.717, 1.165) is 11.1 Å². The van der Waals surface area contributed by atoms with Gasteiger partial charge in [-0.1, -0.05) is 36.0 Å². The van der Waals surface area contributed by atoms with Crippen LogP contribution in [0.2, 0.25) is 0 Å². The lowest BCUT2D eigenvalue weighted by molar-refractivity contribution is -0.410. The Kier molecular flexibility index (Phi) is 5.99. The average Bonchev–Trinajstić information content (AvgIpc) is 2.61. The highest BCUT2D eigenvalue weighted by Gasteiger charge is 2.17. The number of pyridine rings is 1. The number of thioether (sulfide) groups is 1. The smallest absolute Gasteiger partial charge is 0.289 e. The molecule has 25 heavy (non-hydrogen) atoms. The summed E-state index contributed by atoms with van der Waals surface area (Å²) in [4.78, 5) is 16.8. The zero-order chi connectivity index (χ0) is 18.4. The van der Waals surface area contributed by atoms with Crippen LogP contribution in [0.5, 0.6) is 0 Å². The van der Waals surface area contributed by atoms with E-state index in [4.69, 9.17) is 11.0 Å². The van der Waals surface area contributed by atoms with Crippen molar-refractivity contribution in [2.75, 3.05) is 18.5 Å². The maximum atomic E-state index is 12.4. The summed E-state index contributed by atoms with van der Waals surface area (Å²) in [5.41, 5.74) is 8.48. The van der Waals surface area contributed by atoms with Crippen molar-refractivity contribution in [1.29, 1.82) is 10.5 Å². The van der Waals surface area contributed by atoms with Crippen LogP contribution in [0.25, 0.3) is 0 Å². The monoisotopic (exact) mass is 352 g/mol. The number of aromatic amines is 1. The number of anilines is 1. The molecule has 6 nitrogen and oxygen atoms in total. The van der Waals surface area contributed by atoms with Gasteiger partial charge in [-0.05, 0) is 24.1 Å². The number of H-pyrrole nitrogens is 1. The Balaban J connectivity index is 2.05. The molecule has 0 bridgehead atoms. The van der Waals surface area contributed by atoms with Gasteiger partial charge < -0.3 is 4.90 Å². The Hall–Kier alpha value is -3.03. The fourth-order valence-corrected chi connectivity index (χ4v) is 3.14. The molecule has 0 radical (unpaired) electrons. The van der Waals surface area contributed by atoms with E-state index in [0.29, 0.717) is 17.1 Å². The zero-order valence-electron chi connectivity index (χ0n) is 14.0. The summed E-state index contributed by atoms with van der Waals surface area (Å²) in [6, 6.07) is 13.3. The van der Waals surface area contributed by atoms with Crippen molar-refractivity contribution in [3.63, 3.8) is 0 Å². The molecule has 0 atom stereocenters. The van der Waals surface area contributed by atoms with Gasteiger partial charge in [-0.2, -0.15) is 10.5 Å². The van der Waals surface area contributed by atoms with E-state index in [1.54, 1.807) is 11.9 Å². The molecule has 0 spiro atoms. The standard InChI is InChI=1S/C18H17N5OS/c1-12-5-3-4-6-13(12)10-23(2)16(24)11-25-18-15(9-20)7-14(8-19)17(21)22-18/h3-7H,10-11H2,1-2H3,(H2,21,22)/p+1. The summed E-state index contributed by atoms with van der Waals surface area (Å²) in [6.07, 6.45) is 0. The lowest BCUT2D eigenvalue weighted by atomic mass is 10.1. The van der Waals surface area contributed by atoms with Crippen molar-refractivity contribution in [2.45, 2.75) is 18.5 Å². The maximum Gasteiger partial charge on any atom is 0.289 e. The number of aromatic nitrogens is 1. The summed E-state index contributed by atoms with van der Waals surface area (Å²) in [6.45, 7) is 2.53. The normalized spacial score (nSPS) is 9.92. The number of hydrogen-bond donors (Lipinski definition) is 1. The molecule has 1 aromatic heterocycles. The Labute approximate surface area is 150 Å². The minimum absolute atomic E-state index is 0.0616. The SMILES string of the molecule is Cc1ccccc1CN(C)C(=O)CSc1[nH+]c(N)c(C#N)cc1C#N. The minimum Gasteiger partial charge on any atom is -0.341 e. The predicted octanol–water partition coefficient (Wildman–Crippen LogP) is 1.89. The van der Waals surface area contributed by atoms with E-state index in [-0.39, 0.29) is 23.0 Å².